The average Bonchev–Trinajstić information content (AvgIpc) is 2.77. The smallest absolute Gasteiger partial charge is 0.125 e. The van der Waals surface area contributed by atoms with Gasteiger partial charge in [-0.1, -0.05) is 13.0 Å². The number of halogens is 1. The van der Waals surface area contributed by atoms with E-state index in [1.165, 1.54) is 21.4 Å². The van der Waals surface area contributed by atoms with Gasteiger partial charge in [0.25, 0.3) is 0 Å². The average molecular weight is 292 g/mol. The van der Waals surface area contributed by atoms with Gasteiger partial charge in [0, 0.05) is 35.6 Å². The molecule has 0 spiro atoms. The molecule has 0 amide bonds. The highest BCUT2D eigenvalue weighted by atomic mass is 32.1. The van der Waals surface area contributed by atoms with E-state index in [-0.39, 0.29) is 5.82 Å². The number of thiophene rings is 1. The van der Waals surface area contributed by atoms with E-state index in [9.17, 15) is 4.39 Å². The Labute approximate surface area is 124 Å². The molecular formula is C16H21FN2S. The molecule has 2 aromatic rings. The lowest BCUT2D eigenvalue weighted by molar-refractivity contribution is 0.627. The van der Waals surface area contributed by atoms with Crippen molar-refractivity contribution >= 4 is 17.0 Å². The molecule has 0 aliphatic rings. The first-order valence-electron chi connectivity index (χ1n) is 6.85. The fourth-order valence-electron chi connectivity index (χ4n) is 2.14. The van der Waals surface area contributed by atoms with E-state index in [1.807, 2.05) is 24.5 Å². The lowest BCUT2D eigenvalue weighted by Gasteiger charge is -2.19. The van der Waals surface area contributed by atoms with Crippen LogP contribution in [0.5, 0.6) is 0 Å². The maximum atomic E-state index is 13.3. The standard InChI is InChI=1S/C16H21FN2S/c1-4-18-10-16-8-13(12(2)20-16)11-19(3)15-7-5-6-14(17)9-15/h5-9,18H,4,10-11H2,1-3H3. The van der Waals surface area contributed by atoms with Gasteiger partial charge in [-0.15, -0.1) is 11.3 Å². The Kier molecular flexibility index (Phi) is 5.15. The molecule has 0 aliphatic carbocycles. The van der Waals surface area contributed by atoms with Crippen LogP contribution in [-0.4, -0.2) is 13.6 Å². The van der Waals surface area contributed by atoms with Gasteiger partial charge in [0.1, 0.15) is 5.82 Å². The van der Waals surface area contributed by atoms with E-state index in [2.05, 4.69) is 30.1 Å². The second-order valence-corrected chi connectivity index (χ2v) is 6.25. The van der Waals surface area contributed by atoms with Gasteiger partial charge in [-0.2, -0.15) is 0 Å². The van der Waals surface area contributed by atoms with Crippen LogP contribution in [0.25, 0.3) is 0 Å². The van der Waals surface area contributed by atoms with Crippen molar-refractivity contribution in [1.29, 1.82) is 0 Å². The number of hydrogen-bond donors (Lipinski definition) is 1. The number of rotatable bonds is 6. The largest absolute Gasteiger partial charge is 0.370 e. The molecule has 0 fully saturated rings. The second kappa shape index (κ2) is 6.86. The van der Waals surface area contributed by atoms with Crippen LogP contribution >= 0.6 is 11.3 Å². The molecule has 0 saturated carbocycles. The van der Waals surface area contributed by atoms with Gasteiger partial charge in [0.15, 0.2) is 0 Å². The molecule has 108 valence electrons. The first kappa shape index (κ1) is 15.0. The molecule has 0 aliphatic heterocycles. The zero-order valence-corrected chi connectivity index (χ0v) is 13.1. The summed E-state index contributed by atoms with van der Waals surface area (Å²) in [7, 11) is 2.00. The summed E-state index contributed by atoms with van der Waals surface area (Å²) in [5, 5.41) is 3.34. The van der Waals surface area contributed by atoms with Crippen molar-refractivity contribution in [3.63, 3.8) is 0 Å². The Morgan fingerprint density at radius 2 is 2.10 bits per heavy atom. The summed E-state index contributed by atoms with van der Waals surface area (Å²) in [4.78, 5) is 4.77. The molecule has 0 saturated heterocycles. The minimum absolute atomic E-state index is 0.191. The normalized spacial score (nSPS) is 10.8. The molecule has 0 unspecified atom stereocenters. The Hall–Kier alpha value is -1.39. The Morgan fingerprint density at radius 3 is 2.80 bits per heavy atom. The third-order valence-electron chi connectivity index (χ3n) is 3.28. The number of aryl methyl sites for hydroxylation is 1. The van der Waals surface area contributed by atoms with E-state index in [1.54, 1.807) is 12.1 Å². The molecular weight excluding hydrogens is 271 g/mol. The van der Waals surface area contributed by atoms with Gasteiger partial charge in [-0.05, 0) is 43.3 Å². The maximum Gasteiger partial charge on any atom is 0.125 e. The van der Waals surface area contributed by atoms with E-state index in [0.717, 1.165) is 25.3 Å². The van der Waals surface area contributed by atoms with Crippen LogP contribution in [0.4, 0.5) is 10.1 Å². The predicted molar refractivity (Wildman–Crippen MR) is 84.9 cm³/mol. The molecule has 0 radical (unpaired) electrons. The van der Waals surface area contributed by atoms with Crippen molar-refractivity contribution in [2.75, 3.05) is 18.5 Å². The number of nitrogens with one attached hydrogen (secondary N) is 1. The highest BCUT2D eigenvalue weighted by Gasteiger charge is 2.09. The third kappa shape index (κ3) is 3.81. The molecule has 20 heavy (non-hydrogen) atoms. The third-order valence-corrected chi connectivity index (χ3v) is 4.37. The van der Waals surface area contributed by atoms with Crippen LogP contribution in [0.3, 0.4) is 0 Å². The molecule has 2 nitrogen and oxygen atoms in total. The molecule has 1 aromatic heterocycles. The summed E-state index contributed by atoms with van der Waals surface area (Å²) in [6.07, 6.45) is 0. The quantitative estimate of drug-likeness (QED) is 0.867. The number of nitrogens with zero attached hydrogens (tertiary/aromatic N) is 1. The highest BCUT2D eigenvalue weighted by molar-refractivity contribution is 7.12. The van der Waals surface area contributed by atoms with Crippen LogP contribution in [0, 0.1) is 12.7 Å². The van der Waals surface area contributed by atoms with Crippen LogP contribution in [0.1, 0.15) is 22.2 Å². The molecule has 2 rings (SSSR count). The fourth-order valence-corrected chi connectivity index (χ4v) is 3.16. The second-order valence-electron chi connectivity index (χ2n) is 4.91. The molecule has 1 N–H and O–H groups in total. The summed E-state index contributed by atoms with van der Waals surface area (Å²) in [6.45, 7) is 6.97. The Bertz CT molecular complexity index is 565. The lowest BCUT2D eigenvalue weighted by atomic mass is 10.2. The Morgan fingerprint density at radius 1 is 1.30 bits per heavy atom. The van der Waals surface area contributed by atoms with Gasteiger partial charge < -0.3 is 10.2 Å². The summed E-state index contributed by atoms with van der Waals surface area (Å²) >= 11 is 1.83. The van der Waals surface area contributed by atoms with Crippen LogP contribution in [-0.2, 0) is 13.1 Å². The summed E-state index contributed by atoms with van der Waals surface area (Å²) in [5.41, 5.74) is 2.22. The topological polar surface area (TPSA) is 15.3 Å². The first-order chi connectivity index (χ1) is 9.60. The van der Waals surface area contributed by atoms with Crippen molar-refractivity contribution in [2.24, 2.45) is 0 Å². The van der Waals surface area contributed by atoms with E-state index in [4.69, 9.17) is 0 Å². The molecule has 0 bridgehead atoms. The Balaban J connectivity index is 2.07. The van der Waals surface area contributed by atoms with E-state index >= 15 is 0 Å². The predicted octanol–water partition coefficient (Wildman–Crippen LogP) is 3.94. The number of benzene rings is 1. The zero-order chi connectivity index (χ0) is 14.5. The zero-order valence-electron chi connectivity index (χ0n) is 12.2. The number of hydrogen-bond acceptors (Lipinski definition) is 3. The monoisotopic (exact) mass is 292 g/mol. The van der Waals surface area contributed by atoms with Crippen LogP contribution in [0.2, 0.25) is 0 Å². The lowest BCUT2D eigenvalue weighted by Crippen LogP contribution is -2.16. The van der Waals surface area contributed by atoms with Crippen LogP contribution < -0.4 is 10.2 Å². The maximum absolute atomic E-state index is 13.3. The molecule has 0 atom stereocenters. The summed E-state index contributed by atoms with van der Waals surface area (Å²) < 4.78 is 13.3. The molecule has 1 heterocycles. The summed E-state index contributed by atoms with van der Waals surface area (Å²) in [5.74, 6) is -0.191. The SMILES string of the molecule is CCNCc1cc(CN(C)c2cccc(F)c2)c(C)s1. The van der Waals surface area contributed by atoms with Gasteiger partial charge in [0.05, 0.1) is 0 Å². The van der Waals surface area contributed by atoms with Gasteiger partial charge >= 0.3 is 0 Å². The van der Waals surface area contributed by atoms with Gasteiger partial charge in [-0.25, -0.2) is 4.39 Å². The van der Waals surface area contributed by atoms with E-state index in [0.29, 0.717) is 0 Å². The highest BCUT2D eigenvalue weighted by Crippen LogP contribution is 2.24. The van der Waals surface area contributed by atoms with E-state index < -0.39 is 0 Å². The van der Waals surface area contributed by atoms with Gasteiger partial charge in [-0.3, -0.25) is 0 Å². The summed E-state index contributed by atoms with van der Waals surface area (Å²) in [6, 6.07) is 8.98. The minimum atomic E-state index is -0.191. The van der Waals surface area contributed by atoms with Crippen molar-refractivity contribution < 1.29 is 4.39 Å². The van der Waals surface area contributed by atoms with Crippen molar-refractivity contribution in [3.8, 4) is 0 Å². The van der Waals surface area contributed by atoms with Crippen molar-refractivity contribution in [2.45, 2.75) is 26.9 Å². The fraction of sp³-hybridized carbons (Fsp3) is 0.375. The van der Waals surface area contributed by atoms with Crippen molar-refractivity contribution in [3.05, 3.63) is 51.5 Å². The molecule has 4 heteroatoms. The van der Waals surface area contributed by atoms with Crippen LogP contribution in [0.15, 0.2) is 30.3 Å². The van der Waals surface area contributed by atoms with Gasteiger partial charge in [0.2, 0.25) is 0 Å². The van der Waals surface area contributed by atoms with Crippen molar-refractivity contribution in [1.82, 2.24) is 5.32 Å². The molecule has 1 aromatic carbocycles. The minimum Gasteiger partial charge on any atom is -0.370 e. The number of anilines is 1. The first-order valence-corrected chi connectivity index (χ1v) is 7.67.